The number of piperidine rings is 1. The molecule has 2 aromatic heterocycles. The monoisotopic (exact) mass is 587 g/mol. The highest BCUT2D eigenvalue weighted by Gasteiger charge is 2.40. The van der Waals surface area contributed by atoms with Crippen LogP contribution >= 0.6 is 11.3 Å². The number of ether oxygens (including phenoxy) is 1. The van der Waals surface area contributed by atoms with Gasteiger partial charge in [0.2, 0.25) is 11.0 Å². The topological polar surface area (TPSA) is 146 Å². The molecule has 1 amide bonds. The molecule has 39 heavy (non-hydrogen) atoms. The Morgan fingerprint density at radius 2 is 1.62 bits per heavy atom. The van der Waals surface area contributed by atoms with E-state index in [0.29, 0.717) is 26.2 Å². The number of alkyl halides is 6. The van der Waals surface area contributed by atoms with Crippen molar-refractivity contribution < 1.29 is 55.7 Å². The van der Waals surface area contributed by atoms with Gasteiger partial charge in [0, 0.05) is 38.6 Å². The van der Waals surface area contributed by atoms with Crippen LogP contribution in [0.15, 0.2) is 24.5 Å². The molecule has 11 nitrogen and oxygen atoms in total. The first kappa shape index (κ1) is 31.7. The predicted molar refractivity (Wildman–Crippen MR) is 122 cm³/mol. The first-order valence-corrected chi connectivity index (χ1v) is 11.9. The summed E-state index contributed by atoms with van der Waals surface area (Å²) < 4.78 is 69.5. The van der Waals surface area contributed by atoms with Crippen LogP contribution in [0.1, 0.15) is 17.0 Å². The van der Waals surface area contributed by atoms with Crippen LogP contribution in [-0.2, 0) is 25.7 Å². The third-order valence-corrected chi connectivity index (χ3v) is 6.17. The van der Waals surface area contributed by atoms with Crippen molar-refractivity contribution in [2.75, 3.05) is 31.1 Å². The Bertz CT molecular complexity index is 1090. The van der Waals surface area contributed by atoms with E-state index in [4.69, 9.17) is 24.5 Å². The number of nitrogens with zero attached hydrogens (tertiary/aromatic N) is 5. The summed E-state index contributed by atoms with van der Waals surface area (Å²) in [5.74, 6) is -5.39. The van der Waals surface area contributed by atoms with Crippen molar-refractivity contribution in [3.63, 3.8) is 0 Å². The van der Waals surface area contributed by atoms with Gasteiger partial charge in [0.05, 0.1) is 18.6 Å². The molecule has 0 unspecified atom stereocenters. The lowest BCUT2D eigenvalue weighted by Crippen LogP contribution is -2.49. The fraction of sp³-hybridized carbons (Fsp3) is 0.524. The molecule has 18 heteroatoms. The highest BCUT2D eigenvalue weighted by Crippen LogP contribution is 2.30. The zero-order valence-electron chi connectivity index (χ0n) is 20.1. The number of hydrogen-bond acceptors (Lipinski definition) is 9. The Labute approximate surface area is 221 Å². The molecule has 4 rings (SSSR count). The van der Waals surface area contributed by atoms with Crippen molar-refractivity contribution in [2.45, 2.75) is 38.3 Å². The Morgan fingerprint density at radius 3 is 2.10 bits per heavy atom. The number of pyridine rings is 1. The molecule has 2 aliphatic rings. The number of hydrogen-bond donors (Lipinski definition) is 2. The summed E-state index contributed by atoms with van der Waals surface area (Å²) in [6.45, 7) is 5.29. The molecule has 2 atom stereocenters. The lowest BCUT2D eigenvalue weighted by Gasteiger charge is -2.36. The highest BCUT2D eigenvalue weighted by molar-refractivity contribution is 7.15. The number of carbonyl (C=O) groups excluding carboxylic acids is 1. The molecular weight excluding hydrogens is 564 g/mol. The third kappa shape index (κ3) is 9.93. The van der Waals surface area contributed by atoms with Gasteiger partial charge in [-0.15, -0.1) is 10.2 Å². The maximum absolute atomic E-state index is 13.0. The average Bonchev–Trinajstić information content (AvgIpc) is 3.23. The van der Waals surface area contributed by atoms with Gasteiger partial charge in [0.1, 0.15) is 5.01 Å². The molecular formula is C21H23F6N5O6S. The van der Waals surface area contributed by atoms with Crippen LogP contribution < -0.4 is 4.90 Å². The van der Waals surface area contributed by atoms with Gasteiger partial charge in [-0.1, -0.05) is 11.3 Å². The van der Waals surface area contributed by atoms with Crippen molar-refractivity contribution >= 4 is 34.3 Å². The van der Waals surface area contributed by atoms with Gasteiger partial charge in [-0.2, -0.15) is 26.3 Å². The van der Waals surface area contributed by atoms with Crippen LogP contribution in [0.2, 0.25) is 0 Å². The van der Waals surface area contributed by atoms with Gasteiger partial charge in [0.15, 0.2) is 0 Å². The molecule has 2 aromatic rings. The fourth-order valence-electron chi connectivity index (χ4n) is 3.48. The highest BCUT2D eigenvalue weighted by atomic mass is 32.1. The minimum Gasteiger partial charge on any atom is -0.475 e. The summed E-state index contributed by atoms with van der Waals surface area (Å²) >= 11 is 1.59. The average molecular weight is 587 g/mol. The van der Waals surface area contributed by atoms with Gasteiger partial charge in [0.25, 0.3) is 0 Å². The van der Waals surface area contributed by atoms with Crippen LogP contribution in [-0.4, -0.2) is 92.8 Å². The summed E-state index contributed by atoms with van der Waals surface area (Å²) in [7, 11) is 0. The van der Waals surface area contributed by atoms with Gasteiger partial charge >= 0.3 is 24.3 Å². The van der Waals surface area contributed by atoms with E-state index in [-0.39, 0.29) is 17.9 Å². The normalized spacial score (nSPS) is 19.5. The summed E-state index contributed by atoms with van der Waals surface area (Å²) in [4.78, 5) is 39.0. The Balaban J connectivity index is 0.000000317. The number of carboxylic acids is 2. The van der Waals surface area contributed by atoms with Crippen LogP contribution in [0.5, 0.6) is 0 Å². The quantitative estimate of drug-likeness (QED) is 0.514. The Morgan fingerprint density at radius 1 is 1.05 bits per heavy atom. The third-order valence-electron chi connectivity index (χ3n) is 5.27. The molecule has 0 spiro atoms. The van der Waals surface area contributed by atoms with E-state index in [2.05, 4.69) is 20.1 Å². The number of fused-ring (bicyclic) bond motifs is 1. The second kappa shape index (κ2) is 13.5. The standard InChI is InChI=1S/C17H21N5O2S.2C2HF3O2/c1-12-19-20-17(25-12)22-7-4-14-15(11-22)24-9-8-21(16(14)23)10-13-2-5-18-6-3-13;2*3-2(4,5)1(6)7/h2-3,5-6,14-15H,4,7-11H2,1H3;2*(H,6,7)/t14-,15+;;/m1../s1. The van der Waals surface area contributed by atoms with E-state index in [1.807, 2.05) is 24.0 Å². The number of aromatic nitrogens is 3. The lowest BCUT2D eigenvalue weighted by atomic mass is 9.92. The SMILES string of the molecule is Cc1nnc(N2CC[C@H]3C(=O)N(Cc4ccncc4)CCO[C@H]3C2)s1.O=C(O)C(F)(F)F.O=C(O)C(F)(F)F. The molecule has 0 radical (unpaired) electrons. The Hall–Kier alpha value is -3.54. The number of anilines is 1. The number of aliphatic carboxylic acids is 2. The summed E-state index contributed by atoms with van der Waals surface area (Å²) in [5.41, 5.74) is 1.10. The summed E-state index contributed by atoms with van der Waals surface area (Å²) in [6.07, 6.45) is -5.93. The van der Waals surface area contributed by atoms with Gasteiger partial charge in [-0.05, 0) is 31.0 Å². The van der Waals surface area contributed by atoms with Crippen molar-refractivity contribution in [3.8, 4) is 0 Å². The minimum absolute atomic E-state index is 0.0744. The molecule has 4 heterocycles. The number of aryl methyl sites for hydroxylation is 1. The van der Waals surface area contributed by atoms with E-state index < -0.39 is 24.3 Å². The zero-order valence-corrected chi connectivity index (χ0v) is 21.0. The van der Waals surface area contributed by atoms with Crippen LogP contribution in [0.3, 0.4) is 0 Å². The Kier molecular flexibility index (Phi) is 11.0. The number of amides is 1. The molecule has 2 aliphatic heterocycles. The number of carboxylic acid groups (broad SMARTS) is 2. The van der Waals surface area contributed by atoms with Gasteiger partial charge in [-0.3, -0.25) is 9.78 Å². The predicted octanol–water partition coefficient (Wildman–Crippen LogP) is 2.76. The van der Waals surface area contributed by atoms with Gasteiger partial charge < -0.3 is 24.7 Å². The number of carbonyl (C=O) groups is 3. The molecule has 0 bridgehead atoms. The van der Waals surface area contributed by atoms with Crippen molar-refractivity contribution in [3.05, 3.63) is 35.1 Å². The second-order valence-electron chi connectivity index (χ2n) is 8.08. The van der Waals surface area contributed by atoms with Crippen LogP contribution in [0, 0.1) is 12.8 Å². The minimum atomic E-state index is -5.08. The molecule has 0 aromatic carbocycles. The second-order valence-corrected chi connectivity index (χ2v) is 9.24. The van der Waals surface area contributed by atoms with Crippen LogP contribution in [0.4, 0.5) is 31.5 Å². The van der Waals surface area contributed by atoms with Crippen molar-refractivity contribution in [1.29, 1.82) is 0 Å². The van der Waals surface area contributed by atoms with E-state index in [9.17, 15) is 31.1 Å². The molecule has 216 valence electrons. The van der Waals surface area contributed by atoms with E-state index in [1.165, 1.54) is 0 Å². The van der Waals surface area contributed by atoms with E-state index in [0.717, 1.165) is 28.7 Å². The van der Waals surface area contributed by atoms with Crippen molar-refractivity contribution in [2.24, 2.45) is 5.92 Å². The van der Waals surface area contributed by atoms with Crippen molar-refractivity contribution in [1.82, 2.24) is 20.1 Å². The maximum atomic E-state index is 13.0. The smallest absolute Gasteiger partial charge is 0.475 e. The van der Waals surface area contributed by atoms with Crippen LogP contribution in [0.25, 0.3) is 0 Å². The molecule has 2 fully saturated rings. The van der Waals surface area contributed by atoms with E-state index in [1.54, 1.807) is 23.7 Å². The lowest BCUT2D eigenvalue weighted by molar-refractivity contribution is -0.193. The molecule has 0 saturated carbocycles. The summed E-state index contributed by atoms with van der Waals surface area (Å²) in [6, 6.07) is 3.91. The van der Waals surface area contributed by atoms with Gasteiger partial charge in [-0.25, -0.2) is 9.59 Å². The summed E-state index contributed by atoms with van der Waals surface area (Å²) in [5, 5.41) is 24.5. The first-order chi connectivity index (χ1) is 18.1. The zero-order chi connectivity index (χ0) is 29.4. The molecule has 2 N–H and O–H groups in total. The first-order valence-electron chi connectivity index (χ1n) is 11.0. The largest absolute Gasteiger partial charge is 0.490 e. The number of halogens is 6. The number of rotatable bonds is 3. The van der Waals surface area contributed by atoms with E-state index >= 15 is 0 Å². The molecule has 0 aliphatic carbocycles. The maximum Gasteiger partial charge on any atom is 0.490 e. The molecule has 2 saturated heterocycles. The fourth-order valence-corrected chi connectivity index (χ4v) is 4.20.